The molecule has 0 N–H and O–H groups in total. The van der Waals surface area contributed by atoms with Gasteiger partial charge in [-0.15, -0.1) is 0 Å². The Hall–Kier alpha value is -1.60. The molecule has 0 amide bonds. The fraction of sp³-hybridized carbons (Fsp3) is 0.409. The Balaban J connectivity index is 2.75. The van der Waals surface area contributed by atoms with E-state index in [1.807, 2.05) is 19.1 Å². The highest BCUT2D eigenvalue weighted by Crippen LogP contribution is 2.38. The standard InChI is InChI=1S/C22H28ClN/c1-14(2)19-12-10-16(20(24-19)22(6,7)8)17-13-15(21(3,4)5)9-11-18(17)23/h9-13H,1H2,2-8H3. The van der Waals surface area contributed by atoms with Crippen molar-refractivity contribution in [2.45, 2.75) is 59.3 Å². The molecule has 128 valence electrons. The Bertz CT molecular complexity index is 774. The normalized spacial score (nSPS) is 12.3. The Morgan fingerprint density at radius 3 is 2.04 bits per heavy atom. The first kappa shape index (κ1) is 18.7. The van der Waals surface area contributed by atoms with Crippen LogP contribution in [0.1, 0.15) is 65.4 Å². The number of halogens is 1. The Labute approximate surface area is 151 Å². The molecule has 0 bridgehead atoms. The maximum Gasteiger partial charge on any atom is 0.0656 e. The number of hydrogen-bond donors (Lipinski definition) is 0. The molecule has 2 heteroatoms. The molecule has 1 heterocycles. The van der Waals surface area contributed by atoms with E-state index >= 15 is 0 Å². The Morgan fingerprint density at radius 1 is 0.917 bits per heavy atom. The summed E-state index contributed by atoms with van der Waals surface area (Å²) in [5, 5.41) is 0.762. The largest absolute Gasteiger partial charge is 0.252 e. The van der Waals surface area contributed by atoms with Crippen LogP contribution >= 0.6 is 11.6 Å². The zero-order valence-electron chi connectivity index (χ0n) is 15.9. The van der Waals surface area contributed by atoms with Crippen LogP contribution in [0.2, 0.25) is 5.02 Å². The second kappa shape index (κ2) is 6.37. The van der Waals surface area contributed by atoms with E-state index in [0.717, 1.165) is 33.1 Å². The number of benzene rings is 1. The van der Waals surface area contributed by atoms with Crippen LogP contribution in [0.25, 0.3) is 16.7 Å². The molecule has 0 radical (unpaired) electrons. The van der Waals surface area contributed by atoms with E-state index in [1.165, 1.54) is 5.56 Å². The number of pyridine rings is 1. The summed E-state index contributed by atoms with van der Waals surface area (Å²) in [7, 11) is 0. The van der Waals surface area contributed by atoms with E-state index in [2.05, 4.69) is 66.3 Å². The highest BCUT2D eigenvalue weighted by molar-refractivity contribution is 6.33. The molecule has 0 aliphatic carbocycles. The minimum atomic E-state index is -0.0815. The summed E-state index contributed by atoms with van der Waals surface area (Å²) >= 11 is 6.56. The molecule has 0 aliphatic heterocycles. The van der Waals surface area contributed by atoms with Crippen molar-refractivity contribution in [3.05, 3.63) is 58.9 Å². The number of rotatable bonds is 2. The third kappa shape index (κ3) is 3.89. The minimum absolute atomic E-state index is 0.0757. The SMILES string of the molecule is C=C(C)c1ccc(-c2cc(C(C)(C)C)ccc2Cl)c(C(C)(C)C)n1. The summed E-state index contributed by atoms with van der Waals surface area (Å²) < 4.78 is 0. The van der Waals surface area contributed by atoms with Gasteiger partial charge < -0.3 is 0 Å². The van der Waals surface area contributed by atoms with Gasteiger partial charge in [0, 0.05) is 21.6 Å². The molecular weight excluding hydrogens is 314 g/mol. The molecule has 0 saturated heterocycles. The first-order valence-corrected chi connectivity index (χ1v) is 8.77. The van der Waals surface area contributed by atoms with Crippen LogP contribution in [0.15, 0.2) is 36.9 Å². The van der Waals surface area contributed by atoms with Crippen molar-refractivity contribution in [1.29, 1.82) is 0 Å². The zero-order chi connectivity index (χ0) is 18.3. The van der Waals surface area contributed by atoms with Crippen molar-refractivity contribution < 1.29 is 0 Å². The molecule has 0 fully saturated rings. The molecule has 2 aromatic rings. The topological polar surface area (TPSA) is 12.9 Å². The van der Waals surface area contributed by atoms with Crippen LogP contribution < -0.4 is 0 Å². The second-order valence-electron chi connectivity index (χ2n) is 8.57. The molecule has 0 unspecified atom stereocenters. The van der Waals surface area contributed by atoms with E-state index < -0.39 is 0 Å². The number of hydrogen-bond acceptors (Lipinski definition) is 1. The van der Waals surface area contributed by atoms with Gasteiger partial charge in [0.1, 0.15) is 0 Å². The van der Waals surface area contributed by atoms with Crippen molar-refractivity contribution in [3.8, 4) is 11.1 Å². The molecule has 0 aliphatic rings. The maximum atomic E-state index is 6.56. The van der Waals surface area contributed by atoms with Gasteiger partial charge in [-0.25, -0.2) is 0 Å². The quantitative estimate of drug-likeness (QED) is 0.571. The van der Waals surface area contributed by atoms with Gasteiger partial charge in [-0.3, -0.25) is 4.98 Å². The molecule has 24 heavy (non-hydrogen) atoms. The average Bonchev–Trinajstić information content (AvgIpc) is 2.45. The molecule has 0 saturated carbocycles. The monoisotopic (exact) mass is 341 g/mol. The summed E-state index contributed by atoms with van der Waals surface area (Å²) in [6.07, 6.45) is 0. The van der Waals surface area contributed by atoms with Gasteiger partial charge in [0.2, 0.25) is 0 Å². The summed E-state index contributed by atoms with van der Waals surface area (Å²) in [6.45, 7) is 19.2. The van der Waals surface area contributed by atoms with Crippen molar-refractivity contribution in [3.63, 3.8) is 0 Å². The van der Waals surface area contributed by atoms with Crippen LogP contribution in [0.3, 0.4) is 0 Å². The lowest BCUT2D eigenvalue weighted by Gasteiger charge is -2.25. The van der Waals surface area contributed by atoms with Gasteiger partial charge in [0.05, 0.1) is 11.4 Å². The lowest BCUT2D eigenvalue weighted by molar-refractivity contribution is 0.570. The van der Waals surface area contributed by atoms with E-state index in [-0.39, 0.29) is 10.8 Å². The molecular formula is C22H28ClN. The Kier molecular flexibility index (Phi) is 4.97. The molecule has 0 atom stereocenters. The third-order valence-electron chi connectivity index (χ3n) is 4.17. The second-order valence-corrected chi connectivity index (χ2v) is 8.97. The molecule has 1 aromatic carbocycles. The van der Waals surface area contributed by atoms with Gasteiger partial charge >= 0.3 is 0 Å². The van der Waals surface area contributed by atoms with Crippen molar-refractivity contribution in [2.24, 2.45) is 0 Å². The van der Waals surface area contributed by atoms with E-state index in [0.29, 0.717) is 0 Å². The lowest BCUT2D eigenvalue weighted by atomic mass is 9.82. The van der Waals surface area contributed by atoms with Crippen LogP contribution in [0.4, 0.5) is 0 Å². The minimum Gasteiger partial charge on any atom is -0.252 e. The molecule has 0 spiro atoms. The Morgan fingerprint density at radius 2 is 1.54 bits per heavy atom. The average molecular weight is 342 g/mol. The lowest BCUT2D eigenvalue weighted by Crippen LogP contribution is -2.16. The van der Waals surface area contributed by atoms with Crippen LogP contribution in [0.5, 0.6) is 0 Å². The van der Waals surface area contributed by atoms with Gasteiger partial charge in [-0.2, -0.15) is 0 Å². The van der Waals surface area contributed by atoms with Gasteiger partial charge in [0.25, 0.3) is 0 Å². The van der Waals surface area contributed by atoms with E-state index in [9.17, 15) is 0 Å². The number of nitrogens with zero attached hydrogens (tertiary/aromatic N) is 1. The highest BCUT2D eigenvalue weighted by atomic mass is 35.5. The molecule has 2 rings (SSSR count). The van der Waals surface area contributed by atoms with Crippen molar-refractivity contribution in [2.75, 3.05) is 0 Å². The van der Waals surface area contributed by atoms with E-state index in [4.69, 9.17) is 16.6 Å². The first-order valence-electron chi connectivity index (χ1n) is 8.39. The number of aromatic nitrogens is 1. The third-order valence-corrected chi connectivity index (χ3v) is 4.50. The van der Waals surface area contributed by atoms with Gasteiger partial charge in [-0.1, -0.05) is 71.9 Å². The van der Waals surface area contributed by atoms with Gasteiger partial charge in [0.15, 0.2) is 0 Å². The van der Waals surface area contributed by atoms with Crippen LogP contribution in [0, 0.1) is 0 Å². The van der Waals surface area contributed by atoms with Crippen LogP contribution in [-0.2, 0) is 10.8 Å². The zero-order valence-corrected chi connectivity index (χ0v) is 16.7. The fourth-order valence-electron chi connectivity index (χ4n) is 2.68. The summed E-state index contributed by atoms with van der Waals surface area (Å²) in [6, 6.07) is 10.5. The smallest absolute Gasteiger partial charge is 0.0656 e. The highest BCUT2D eigenvalue weighted by Gasteiger charge is 2.24. The predicted octanol–water partition coefficient (Wildman–Crippen LogP) is 7.03. The summed E-state index contributed by atoms with van der Waals surface area (Å²) in [5.74, 6) is 0. The van der Waals surface area contributed by atoms with Crippen LogP contribution in [-0.4, -0.2) is 4.98 Å². The van der Waals surface area contributed by atoms with Crippen molar-refractivity contribution in [1.82, 2.24) is 4.98 Å². The van der Waals surface area contributed by atoms with Crippen molar-refractivity contribution >= 4 is 17.2 Å². The fourth-order valence-corrected chi connectivity index (χ4v) is 2.90. The molecule has 1 aromatic heterocycles. The van der Waals surface area contributed by atoms with Gasteiger partial charge in [-0.05, 0) is 41.7 Å². The summed E-state index contributed by atoms with van der Waals surface area (Å²) in [4.78, 5) is 4.89. The molecule has 1 nitrogen and oxygen atoms in total. The number of allylic oxidation sites excluding steroid dienone is 1. The predicted molar refractivity (Wildman–Crippen MR) is 107 cm³/mol. The maximum absolute atomic E-state index is 6.56. The van der Waals surface area contributed by atoms with E-state index in [1.54, 1.807) is 0 Å². The summed E-state index contributed by atoms with van der Waals surface area (Å²) in [5.41, 5.74) is 6.38. The first-order chi connectivity index (χ1) is 10.9.